The number of halogens is 1. The van der Waals surface area contributed by atoms with Crippen molar-refractivity contribution in [2.24, 2.45) is 0 Å². The third kappa shape index (κ3) is 3.92. The van der Waals surface area contributed by atoms with Crippen molar-refractivity contribution in [3.63, 3.8) is 0 Å². The molecule has 0 bridgehead atoms. The van der Waals surface area contributed by atoms with Crippen LogP contribution < -0.4 is 19.8 Å². The third-order valence-electron chi connectivity index (χ3n) is 8.47. The molecule has 1 aromatic heterocycles. The maximum atomic E-state index is 14.9. The first-order valence-electron chi connectivity index (χ1n) is 14.1. The largest absolute Gasteiger partial charge is 0.493 e. The van der Waals surface area contributed by atoms with Crippen molar-refractivity contribution in [3.05, 3.63) is 135 Å². The second kappa shape index (κ2) is 10.4. The lowest BCUT2D eigenvalue weighted by Gasteiger charge is -2.34. The van der Waals surface area contributed by atoms with E-state index in [1.165, 1.54) is 17.0 Å². The average Bonchev–Trinajstić information content (AvgIpc) is 3.44. The number of nitrogens with zero attached hydrogens (tertiary/aromatic N) is 2. The molecule has 0 saturated heterocycles. The first-order chi connectivity index (χ1) is 21.4. The van der Waals surface area contributed by atoms with Crippen molar-refractivity contribution in [2.45, 2.75) is 18.5 Å². The molecule has 9 heteroatoms. The number of benzene rings is 4. The van der Waals surface area contributed by atoms with Crippen LogP contribution in [0.1, 0.15) is 32.8 Å². The van der Waals surface area contributed by atoms with E-state index in [4.69, 9.17) is 13.9 Å². The predicted octanol–water partition coefficient (Wildman–Crippen LogP) is 5.44. The molecule has 5 aromatic rings. The zero-order valence-corrected chi connectivity index (χ0v) is 24.0. The number of anilines is 1. The SMILES string of the molecule is COc1ccc(CCN2C(=O)c3oc4ccccc4c(=O)c3C23C(=O)N(Cc2ccc(F)cc2)c2ccccc23)cc1OC. The van der Waals surface area contributed by atoms with Crippen LogP contribution in [0.25, 0.3) is 11.0 Å². The zero-order chi connectivity index (χ0) is 30.6. The molecule has 2 aliphatic heterocycles. The normalized spacial score (nSPS) is 17.0. The number of para-hydroxylation sites is 2. The molecular weight excluding hydrogens is 563 g/mol. The highest BCUT2D eigenvalue weighted by Crippen LogP contribution is 2.53. The molecule has 8 nitrogen and oxygen atoms in total. The highest BCUT2D eigenvalue weighted by atomic mass is 19.1. The second-order valence-corrected chi connectivity index (χ2v) is 10.8. The minimum absolute atomic E-state index is 0.00701. The fourth-order valence-corrected chi connectivity index (χ4v) is 6.44. The van der Waals surface area contributed by atoms with Crippen LogP contribution in [-0.2, 0) is 23.3 Å². The number of hydrogen-bond acceptors (Lipinski definition) is 6. The Morgan fingerprint density at radius 3 is 2.30 bits per heavy atom. The predicted molar refractivity (Wildman–Crippen MR) is 162 cm³/mol. The van der Waals surface area contributed by atoms with E-state index < -0.39 is 22.8 Å². The lowest BCUT2D eigenvalue weighted by Crippen LogP contribution is -2.53. The van der Waals surface area contributed by atoms with Gasteiger partial charge >= 0.3 is 0 Å². The highest BCUT2D eigenvalue weighted by Gasteiger charge is 2.64. The summed E-state index contributed by atoms with van der Waals surface area (Å²) in [6.45, 7) is 0.211. The number of fused-ring (bicyclic) bond motifs is 5. The van der Waals surface area contributed by atoms with E-state index in [2.05, 4.69) is 0 Å². The fraction of sp³-hybridized carbons (Fsp3) is 0.171. The lowest BCUT2D eigenvalue weighted by atomic mass is 9.83. The monoisotopic (exact) mass is 590 g/mol. The minimum atomic E-state index is -1.76. The molecule has 2 amide bonds. The van der Waals surface area contributed by atoms with Gasteiger partial charge in [0.15, 0.2) is 22.5 Å². The van der Waals surface area contributed by atoms with Crippen LogP contribution in [0.5, 0.6) is 11.5 Å². The fourth-order valence-electron chi connectivity index (χ4n) is 6.44. The van der Waals surface area contributed by atoms with Crippen LogP contribution in [0.2, 0.25) is 0 Å². The molecule has 0 radical (unpaired) electrons. The van der Waals surface area contributed by atoms with Gasteiger partial charge in [0, 0.05) is 12.1 Å². The summed E-state index contributed by atoms with van der Waals surface area (Å²) in [4.78, 5) is 46.5. The maximum absolute atomic E-state index is 14.9. The standard InChI is InChI=1S/C35H27FN2O6/c1-42-28-16-13-21(19-29(28)43-2)17-18-38-33(40)32-30(31(39)24-7-3-6-10-27(24)44-32)35(38)25-8-4-5-9-26(25)37(34(35)41)20-22-11-14-23(36)15-12-22/h3-16,19H,17-18,20H2,1-2H3. The Morgan fingerprint density at radius 2 is 1.52 bits per heavy atom. The minimum Gasteiger partial charge on any atom is -0.493 e. The van der Waals surface area contributed by atoms with Gasteiger partial charge in [0.1, 0.15) is 11.4 Å². The molecule has 0 fully saturated rings. The Bertz CT molecular complexity index is 2020. The number of amides is 2. The summed E-state index contributed by atoms with van der Waals surface area (Å²) in [5.41, 5.74) is 0.683. The van der Waals surface area contributed by atoms with Gasteiger partial charge in [-0.1, -0.05) is 48.5 Å². The van der Waals surface area contributed by atoms with Crippen molar-refractivity contribution in [1.82, 2.24) is 4.90 Å². The zero-order valence-electron chi connectivity index (χ0n) is 24.0. The Hall–Kier alpha value is -5.44. The van der Waals surface area contributed by atoms with Crippen molar-refractivity contribution in [1.29, 1.82) is 0 Å². The van der Waals surface area contributed by atoms with Gasteiger partial charge in [-0.3, -0.25) is 14.4 Å². The first kappa shape index (κ1) is 27.4. The van der Waals surface area contributed by atoms with Gasteiger partial charge < -0.3 is 23.7 Å². The number of ether oxygens (including phenoxy) is 2. The molecule has 2 aliphatic rings. The number of carbonyl (C=O) groups is 2. The van der Waals surface area contributed by atoms with Crippen molar-refractivity contribution < 1.29 is 27.9 Å². The van der Waals surface area contributed by atoms with Crippen molar-refractivity contribution in [2.75, 3.05) is 25.7 Å². The van der Waals surface area contributed by atoms with E-state index in [1.807, 2.05) is 12.1 Å². The molecule has 44 heavy (non-hydrogen) atoms. The Balaban J connectivity index is 1.41. The molecule has 0 aliphatic carbocycles. The lowest BCUT2D eigenvalue weighted by molar-refractivity contribution is -0.126. The Kier molecular flexibility index (Phi) is 6.46. The Morgan fingerprint density at radius 1 is 0.818 bits per heavy atom. The van der Waals surface area contributed by atoms with E-state index in [9.17, 15) is 18.8 Å². The van der Waals surface area contributed by atoms with Crippen LogP contribution in [-0.4, -0.2) is 37.5 Å². The van der Waals surface area contributed by atoms with Gasteiger partial charge in [-0.05, 0) is 60.0 Å². The van der Waals surface area contributed by atoms with E-state index in [0.717, 1.165) is 5.56 Å². The second-order valence-electron chi connectivity index (χ2n) is 10.8. The van der Waals surface area contributed by atoms with Gasteiger partial charge in [0.05, 0.1) is 37.4 Å². The molecule has 1 unspecified atom stereocenters. The van der Waals surface area contributed by atoms with E-state index in [-0.39, 0.29) is 41.2 Å². The van der Waals surface area contributed by atoms with Crippen molar-refractivity contribution >= 4 is 28.5 Å². The maximum Gasteiger partial charge on any atom is 0.291 e. The summed E-state index contributed by atoms with van der Waals surface area (Å²) >= 11 is 0. The number of carbonyl (C=O) groups excluding carboxylic acids is 2. The molecule has 3 heterocycles. The third-order valence-corrected chi connectivity index (χ3v) is 8.47. The van der Waals surface area contributed by atoms with Gasteiger partial charge in [-0.15, -0.1) is 0 Å². The Labute approximate surface area is 251 Å². The van der Waals surface area contributed by atoms with Gasteiger partial charge in [-0.2, -0.15) is 0 Å². The molecule has 220 valence electrons. The highest BCUT2D eigenvalue weighted by molar-refractivity contribution is 6.17. The van der Waals surface area contributed by atoms with Crippen LogP contribution in [0.3, 0.4) is 0 Å². The number of methoxy groups -OCH3 is 2. The van der Waals surface area contributed by atoms with Gasteiger partial charge in [-0.25, -0.2) is 4.39 Å². The van der Waals surface area contributed by atoms with E-state index in [0.29, 0.717) is 34.7 Å². The van der Waals surface area contributed by atoms with Crippen LogP contribution in [0, 0.1) is 5.82 Å². The molecule has 1 atom stereocenters. The van der Waals surface area contributed by atoms with E-state index >= 15 is 0 Å². The summed E-state index contributed by atoms with van der Waals surface area (Å²) < 4.78 is 30.7. The van der Waals surface area contributed by atoms with E-state index in [1.54, 1.807) is 85.8 Å². The van der Waals surface area contributed by atoms with Gasteiger partial charge in [0.25, 0.3) is 11.8 Å². The molecular formula is C35H27FN2O6. The number of rotatable bonds is 7. The molecule has 7 rings (SSSR count). The summed E-state index contributed by atoms with van der Waals surface area (Å²) in [6, 6.07) is 25.2. The van der Waals surface area contributed by atoms with Crippen molar-refractivity contribution in [3.8, 4) is 11.5 Å². The summed E-state index contributed by atoms with van der Waals surface area (Å²) in [7, 11) is 3.10. The quantitative estimate of drug-likeness (QED) is 0.251. The molecule has 0 saturated carbocycles. The summed E-state index contributed by atoms with van der Waals surface area (Å²) in [6.07, 6.45) is 0.350. The van der Waals surface area contributed by atoms with Gasteiger partial charge in [0.2, 0.25) is 5.76 Å². The topological polar surface area (TPSA) is 89.3 Å². The molecule has 0 N–H and O–H groups in total. The molecule has 4 aromatic carbocycles. The van der Waals surface area contributed by atoms with Crippen LogP contribution in [0.15, 0.2) is 100 Å². The molecule has 1 spiro atoms. The van der Waals surface area contributed by atoms with Crippen LogP contribution >= 0.6 is 0 Å². The van der Waals surface area contributed by atoms with Crippen LogP contribution in [0.4, 0.5) is 10.1 Å². The summed E-state index contributed by atoms with van der Waals surface area (Å²) in [5, 5.41) is 0.280. The first-order valence-corrected chi connectivity index (χ1v) is 14.1. The number of hydrogen-bond donors (Lipinski definition) is 0. The summed E-state index contributed by atoms with van der Waals surface area (Å²) in [5.74, 6) is -0.436. The average molecular weight is 591 g/mol. The smallest absolute Gasteiger partial charge is 0.291 e.